The number of rotatable bonds is 6. The lowest BCUT2D eigenvalue weighted by molar-refractivity contribution is -0.139. The van der Waals surface area contributed by atoms with Crippen molar-refractivity contribution in [2.75, 3.05) is 34.0 Å². The van der Waals surface area contributed by atoms with Gasteiger partial charge in [0.1, 0.15) is 5.76 Å². The topological polar surface area (TPSA) is 79.3 Å². The molecule has 1 unspecified atom stereocenters. The molecule has 0 aliphatic carbocycles. The summed E-state index contributed by atoms with van der Waals surface area (Å²) in [4.78, 5) is 29.5. The third kappa shape index (κ3) is 4.16. The molecule has 0 bridgehead atoms. The normalized spacial score (nSPS) is 19.3. The minimum Gasteiger partial charge on any atom is -0.507 e. The molecule has 1 fully saturated rings. The van der Waals surface area contributed by atoms with Crippen LogP contribution < -0.4 is 9.47 Å². The predicted molar refractivity (Wildman–Crippen MR) is 121 cm³/mol. The summed E-state index contributed by atoms with van der Waals surface area (Å²) in [5, 5.41) is 11.8. The molecule has 1 saturated heterocycles. The molecular formula is C23H22Cl2N2O5. The number of carbonyl (C=O) groups excluding carboxylic acids is 2. The molecule has 2 heterocycles. The Kier molecular flexibility index (Phi) is 6.33. The second-order valence-corrected chi connectivity index (χ2v) is 8.71. The zero-order chi connectivity index (χ0) is 23.0. The number of aliphatic hydroxyl groups excluding tert-OH is 1. The second-order valence-electron chi connectivity index (χ2n) is 7.89. The quantitative estimate of drug-likeness (QED) is 0.384. The molecule has 0 radical (unpaired) electrons. The Labute approximate surface area is 195 Å². The highest BCUT2D eigenvalue weighted by Crippen LogP contribution is 2.42. The first-order valence-corrected chi connectivity index (χ1v) is 10.8. The van der Waals surface area contributed by atoms with Gasteiger partial charge in [0.25, 0.3) is 11.7 Å². The van der Waals surface area contributed by atoms with Crippen LogP contribution in [0.3, 0.4) is 0 Å². The van der Waals surface area contributed by atoms with Gasteiger partial charge < -0.3 is 24.4 Å². The summed E-state index contributed by atoms with van der Waals surface area (Å²) in [6, 6.07) is 9.00. The fourth-order valence-corrected chi connectivity index (χ4v) is 4.20. The van der Waals surface area contributed by atoms with E-state index in [1.54, 1.807) is 36.4 Å². The Morgan fingerprint density at radius 2 is 1.84 bits per heavy atom. The minimum atomic E-state index is -0.794. The number of aliphatic hydroxyl groups is 1. The molecule has 0 aromatic heterocycles. The van der Waals surface area contributed by atoms with Crippen molar-refractivity contribution < 1.29 is 24.2 Å². The van der Waals surface area contributed by atoms with Gasteiger partial charge in [-0.1, -0.05) is 29.3 Å². The van der Waals surface area contributed by atoms with Crippen LogP contribution >= 0.6 is 23.2 Å². The lowest BCUT2D eigenvalue weighted by atomic mass is 9.95. The number of hydrogen-bond donors (Lipinski definition) is 1. The van der Waals surface area contributed by atoms with Gasteiger partial charge in [-0.15, -0.1) is 0 Å². The first kappa shape index (κ1) is 22.5. The van der Waals surface area contributed by atoms with Crippen molar-refractivity contribution in [1.82, 2.24) is 9.80 Å². The van der Waals surface area contributed by atoms with E-state index in [1.165, 1.54) is 4.90 Å². The summed E-state index contributed by atoms with van der Waals surface area (Å²) < 4.78 is 10.7. The number of carbonyl (C=O) groups is 2. The number of likely N-dealkylation sites (tertiary alicyclic amines) is 1. The Bertz CT molecular complexity index is 1120. The predicted octanol–water partition coefficient (Wildman–Crippen LogP) is 4.10. The molecule has 2 aromatic carbocycles. The van der Waals surface area contributed by atoms with Gasteiger partial charge in [0.2, 0.25) is 6.79 Å². The van der Waals surface area contributed by atoms with E-state index in [0.717, 1.165) is 6.54 Å². The molecular weight excluding hydrogens is 455 g/mol. The molecule has 9 heteroatoms. The number of hydrogen-bond acceptors (Lipinski definition) is 6. The van der Waals surface area contributed by atoms with Crippen LogP contribution in [0, 0.1) is 0 Å². The fourth-order valence-electron chi connectivity index (χ4n) is 3.90. The number of benzene rings is 2. The monoisotopic (exact) mass is 476 g/mol. The fraction of sp³-hybridized carbons (Fsp3) is 0.304. The van der Waals surface area contributed by atoms with Crippen LogP contribution in [0.15, 0.2) is 42.0 Å². The Morgan fingerprint density at radius 3 is 2.56 bits per heavy atom. The van der Waals surface area contributed by atoms with Crippen LogP contribution in [-0.4, -0.2) is 60.6 Å². The minimum absolute atomic E-state index is 0.00268. The summed E-state index contributed by atoms with van der Waals surface area (Å²) in [6.07, 6.45) is 0.655. The van der Waals surface area contributed by atoms with E-state index in [2.05, 4.69) is 0 Å². The molecule has 168 valence electrons. The van der Waals surface area contributed by atoms with Crippen molar-refractivity contribution in [3.8, 4) is 11.5 Å². The number of fused-ring (bicyclic) bond motifs is 1. The summed E-state index contributed by atoms with van der Waals surface area (Å²) in [6.45, 7) is 1.16. The Balaban J connectivity index is 1.80. The first-order chi connectivity index (χ1) is 15.3. The van der Waals surface area contributed by atoms with Crippen molar-refractivity contribution in [3.63, 3.8) is 0 Å². The van der Waals surface area contributed by atoms with E-state index < -0.39 is 17.7 Å². The van der Waals surface area contributed by atoms with E-state index >= 15 is 0 Å². The van der Waals surface area contributed by atoms with Gasteiger partial charge in [-0.3, -0.25) is 9.59 Å². The lowest BCUT2D eigenvalue weighted by Gasteiger charge is -2.26. The summed E-state index contributed by atoms with van der Waals surface area (Å²) in [5.74, 6) is -0.692. The molecule has 7 nitrogen and oxygen atoms in total. The van der Waals surface area contributed by atoms with Crippen LogP contribution in [0.1, 0.15) is 23.6 Å². The Morgan fingerprint density at radius 1 is 1.09 bits per heavy atom. The molecule has 2 aliphatic rings. The summed E-state index contributed by atoms with van der Waals surface area (Å²) >= 11 is 12.3. The molecule has 32 heavy (non-hydrogen) atoms. The van der Waals surface area contributed by atoms with Crippen LogP contribution in [0.4, 0.5) is 0 Å². The zero-order valence-electron chi connectivity index (χ0n) is 17.6. The SMILES string of the molecule is CN(C)CCCN1C(=O)C(=O)/C(=C(/O)c2ccc3c(c2)OCO3)C1c1ccc(Cl)c(Cl)c1. The highest BCUT2D eigenvalue weighted by atomic mass is 35.5. The van der Waals surface area contributed by atoms with Gasteiger partial charge in [-0.2, -0.15) is 0 Å². The van der Waals surface area contributed by atoms with E-state index in [4.69, 9.17) is 32.7 Å². The molecule has 2 aliphatic heterocycles. The summed E-state index contributed by atoms with van der Waals surface area (Å²) in [5.41, 5.74) is 0.938. The van der Waals surface area contributed by atoms with Crippen molar-refractivity contribution in [2.24, 2.45) is 0 Å². The highest BCUT2D eigenvalue weighted by molar-refractivity contribution is 6.46. The van der Waals surface area contributed by atoms with Gasteiger partial charge in [0.15, 0.2) is 11.5 Å². The smallest absolute Gasteiger partial charge is 0.295 e. The molecule has 4 rings (SSSR count). The maximum Gasteiger partial charge on any atom is 0.295 e. The third-order valence-corrected chi connectivity index (χ3v) is 6.19. The highest BCUT2D eigenvalue weighted by Gasteiger charge is 2.46. The van der Waals surface area contributed by atoms with Crippen molar-refractivity contribution in [3.05, 3.63) is 63.1 Å². The maximum atomic E-state index is 13.1. The number of ketones is 1. The number of nitrogens with zero attached hydrogens (tertiary/aromatic N) is 2. The van der Waals surface area contributed by atoms with Gasteiger partial charge in [-0.05, 0) is 63.0 Å². The van der Waals surface area contributed by atoms with E-state index in [-0.39, 0.29) is 18.1 Å². The molecule has 1 amide bonds. The van der Waals surface area contributed by atoms with Crippen molar-refractivity contribution >= 4 is 40.7 Å². The molecule has 1 N–H and O–H groups in total. The molecule has 0 spiro atoms. The van der Waals surface area contributed by atoms with Crippen LogP contribution in [0.25, 0.3) is 5.76 Å². The number of Topliss-reactive ketones (excluding diaryl/α,β-unsaturated/α-hetero) is 1. The standard InChI is InChI=1S/C23H22Cl2N2O5/c1-26(2)8-3-9-27-20(13-4-6-15(24)16(25)10-13)19(22(29)23(27)30)21(28)14-5-7-17-18(11-14)32-12-31-17/h4-7,10-11,20,28H,3,8-9,12H2,1-2H3/b21-19+. The summed E-state index contributed by atoms with van der Waals surface area (Å²) in [7, 11) is 3.87. The van der Waals surface area contributed by atoms with Crippen molar-refractivity contribution in [2.45, 2.75) is 12.5 Å². The first-order valence-electron chi connectivity index (χ1n) is 10.1. The third-order valence-electron chi connectivity index (χ3n) is 5.45. The van der Waals surface area contributed by atoms with Gasteiger partial charge >= 0.3 is 0 Å². The van der Waals surface area contributed by atoms with Gasteiger partial charge in [-0.25, -0.2) is 0 Å². The van der Waals surface area contributed by atoms with E-state index in [0.29, 0.717) is 45.6 Å². The molecule has 1 atom stereocenters. The number of amides is 1. The van der Waals surface area contributed by atoms with E-state index in [9.17, 15) is 14.7 Å². The van der Waals surface area contributed by atoms with Crippen molar-refractivity contribution in [1.29, 1.82) is 0 Å². The maximum absolute atomic E-state index is 13.1. The zero-order valence-corrected chi connectivity index (χ0v) is 19.1. The van der Waals surface area contributed by atoms with Gasteiger partial charge in [0.05, 0.1) is 21.7 Å². The number of ether oxygens (including phenoxy) is 2. The van der Waals surface area contributed by atoms with Gasteiger partial charge in [0, 0.05) is 12.1 Å². The second kappa shape index (κ2) is 9.02. The molecule has 2 aromatic rings. The largest absolute Gasteiger partial charge is 0.507 e. The van der Waals surface area contributed by atoms with E-state index in [1.807, 2.05) is 19.0 Å². The average molecular weight is 477 g/mol. The lowest BCUT2D eigenvalue weighted by Crippen LogP contribution is -2.32. The number of halogens is 2. The average Bonchev–Trinajstić information content (AvgIpc) is 3.32. The van der Waals surface area contributed by atoms with Crippen LogP contribution in [-0.2, 0) is 9.59 Å². The molecule has 0 saturated carbocycles. The Hall–Kier alpha value is -2.74. The van der Waals surface area contributed by atoms with Crippen LogP contribution in [0.5, 0.6) is 11.5 Å². The van der Waals surface area contributed by atoms with Crippen LogP contribution in [0.2, 0.25) is 10.0 Å².